The van der Waals surface area contributed by atoms with E-state index >= 15 is 0 Å². The Morgan fingerprint density at radius 1 is 1.40 bits per heavy atom. The lowest BCUT2D eigenvalue weighted by Crippen LogP contribution is -2.46. The van der Waals surface area contributed by atoms with Crippen molar-refractivity contribution in [3.8, 4) is 0 Å². The topological polar surface area (TPSA) is 50.4 Å². The quantitative estimate of drug-likeness (QED) is 0.713. The third-order valence-corrected chi connectivity index (χ3v) is 3.10. The fourth-order valence-corrected chi connectivity index (χ4v) is 2.27. The van der Waals surface area contributed by atoms with Crippen LogP contribution in [0.2, 0.25) is 0 Å². The molecule has 2 fully saturated rings. The summed E-state index contributed by atoms with van der Waals surface area (Å²) in [5.41, 5.74) is 0. The average molecular weight is 212 g/mol. The van der Waals surface area contributed by atoms with E-state index < -0.39 is 0 Å². The highest BCUT2D eigenvalue weighted by atomic mass is 16.5. The molecular formula is C11H20N2O2. The van der Waals surface area contributed by atoms with Crippen LogP contribution >= 0.6 is 0 Å². The molecular weight excluding hydrogens is 192 g/mol. The fraction of sp³-hybridized carbons (Fsp3) is 0.909. The van der Waals surface area contributed by atoms with Gasteiger partial charge in [-0.05, 0) is 32.2 Å². The number of ether oxygens (including phenoxy) is 1. The highest BCUT2D eigenvalue weighted by Crippen LogP contribution is 2.15. The number of amides is 1. The Hall–Kier alpha value is -0.610. The first-order chi connectivity index (χ1) is 7.34. The summed E-state index contributed by atoms with van der Waals surface area (Å²) < 4.78 is 5.44. The molecule has 0 aromatic heterocycles. The van der Waals surface area contributed by atoms with Gasteiger partial charge in [-0.25, -0.2) is 0 Å². The zero-order valence-electron chi connectivity index (χ0n) is 9.13. The fourth-order valence-electron chi connectivity index (χ4n) is 2.27. The van der Waals surface area contributed by atoms with E-state index in [0.717, 1.165) is 45.4 Å². The van der Waals surface area contributed by atoms with Gasteiger partial charge >= 0.3 is 0 Å². The van der Waals surface area contributed by atoms with Crippen LogP contribution in [0, 0.1) is 0 Å². The molecule has 0 aromatic rings. The van der Waals surface area contributed by atoms with E-state index in [1.807, 2.05) is 0 Å². The molecule has 4 heteroatoms. The average Bonchev–Trinajstić information content (AvgIpc) is 2.71. The minimum atomic E-state index is 0.149. The molecule has 1 amide bonds. The summed E-state index contributed by atoms with van der Waals surface area (Å²) in [7, 11) is 0. The number of carbonyl (C=O) groups is 1. The predicted octanol–water partition coefficient (Wildman–Crippen LogP) is 0.424. The Morgan fingerprint density at radius 3 is 3.00 bits per heavy atom. The first-order valence-electron chi connectivity index (χ1n) is 5.96. The molecule has 15 heavy (non-hydrogen) atoms. The summed E-state index contributed by atoms with van der Waals surface area (Å²) in [5, 5.41) is 6.35. The Kier molecular flexibility index (Phi) is 3.97. The Bertz CT molecular complexity index is 209. The van der Waals surface area contributed by atoms with Crippen molar-refractivity contribution < 1.29 is 9.53 Å². The maximum Gasteiger partial charge on any atom is 0.222 e. The standard InChI is InChI=1S/C11H20N2O2/c14-11(7-10-4-2-6-15-10)13-9-3-1-5-12-8-9/h9-10,12H,1-8H2,(H,13,14)/t9-,10?/m0/s1. The third-order valence-electron chi connectivity index (χ3n) is 3.10. The Balaban J connectivity index is 1.66. The lowest BCUT2D eigenvalue weighted by atomic mass is 10.1. The van der Waals surface area contributed by atoms with E-state index in [1.165, 1.54) is 0 Å². The van der Waals surface area contributed by atoms with Crippen molar-refractivity contribution >= 4 is 5.91 Å². The molecule has 4 nitrogen and oxygen atoms in total. The largest absolute Gasteiger partial charge is 0.378 e. The number of piperidine rings is 1. The first kappa shape index (κ1) is 10.9. The molecule has 86 valence electrons. The summed E-state index contributed by atoms with van der Waals surface area (Å²) in [6, 6.07) is 0.327. The van der Waals surface area contributed by atoms with E-state index in [9.17, 15) is 4.79 Å². The van der Waals surface area contributed by atoms with Crippen LogP contribution < -0.4 is 10.6 Å². The van der Waals surface area contributed by atoms with Crippen LogP contribution in [-0.2, 0) is 9.53 Å². The molecule has 0 spiro atoms. The van der Waals surface area contributed by atoms with Crippen molar-refractivity contribution in [3.05, 3.63) is 0 Å². The second-order valence-electron chi connectivity index (χ2n) is 4.45. The maximum atomic E-state index is 11.6. The highest BCUT2D eigenvalue weighted by Gasteiger charge is 2.21. The maximum absolute atomic E-state index is 11.6. The number of hydrogen-bond acceptors (Lipinski definition) is 3. The van der Waals surface area contributed by atoms with Crippen LogP contribution in [-0.4, -0.2) is 37.7 Å². The van der Waals surface area contributed by atoms with Crippen molar-refractivity contribution in [2.24, 2.45) is 0 Å². The zero-order valence-corrected chi connectivity index (χ0v) is 9.13. The molecule has 2 N–H and O–H groups in total. The second kappa shape index (κ2) is 5.47. The van der Waals surface area contributed by atoms with E-state index in [1.54, 1.807) is 0 Å². The van der Waals surface area contributed by atoms with Gasteiger partial charge in [0.05, 0.1) is 12.5 Å². The monoisotopic (exact) mass is 212 g/mol. The van der Waals surface area contributed by atoms with Crippen LogP contribution in [0.5, 0.6) is 0 Å². The lowest BCUT2D eigenvalue weighted by molar-refractivity contribution is -0.124. The van der Waals surface area contributed by atoms with Crippen LogP contribution in [0.25, 0.3) is 0 Å². The van der Waals surface area contributed by atoms with Gasteiger partial charge < -0.3 is 15.4 Å². The normalized spacial score (nSPS) is 31.5. The summed E-state index contributed by atoms with van der Waals surface area (Å²) in [5.74, 6) is 0.149. The molecule has 2 heterocycles. The van der Waals surface area contributed by atoms with Crippen molar-refractivity contribution in [2.45, 2.75) is 44.2 Å². The summed E-state index contributed by atoms with van der Waals surface area (Å²) in [6.45, 7) is 2.82. The molecule has 2 atom stereocenters. The van der Waals surface area contributed by atoms with Gasteiger partial charge in [-0.15, -0.1) is 0 Å². The van der Waals surface area contributed by atoms with E-state index in [2.05, 4.69) is 10.6 Å². The van der Waals surface area contributed by atoms with Gasteiger partial charge in [0.1, 0.15) is 0 Å². The highest BCUT2D eigenvalue weighted by molar-refractivity contribution is 5.76. The molecule has 0 aliphatic carbocycles. The van der Waals surface area contributed by atoms with Gasteiger partial charge in [-0.3, -0.25) is 4.79 Å². The van der Waals surface area contributed by atoms with E-state index in [4.69, 9.17) is 4.74 Å². The van der Waals surface area contributed by atoms with Crippen LogP contribution in [0.15, 0.2) is 0 Å². The molecule has 0 bridgehead atoms. The van der Waals surface area contributed by atoms with Gasteiger partial charge in [-0.2, -0.15) is 0 Å². The Morgan fingerprint density at radius 2 is 2.33 bits per heavy atom. The summed E-state index contributed by atoms with van der Waals surface area (Å²) in [4.78, 5) is 11.6. The van der Waals surface area contributed by atoms with Gasteiger partial charge in [0.2, 0.25) is 5.91 Å². The van der Waals surface area contributed by atoms with Crippen LogP contribution in [0.3, 0.4) is 0 Å². The molecule has 2 aliphatic heterocycles. The molecule has 0 saturated carbocycles. The third kappa shape index (κ3) is 3.47. The number of carbonyl (C=O) groups excluding carboxylic acids is 1. The van der Waals surface area contributed by atoms with Gasteiger partial charge in [0.15, 0.2) is 0 Å². The number of nitrogens with one attached hydrogen (secondary N) is 2. The summed E-state index contributed by atoms with van der Waals surface area (Å²) in [6.07, 6.45) is 5.10. The molecule has 2 aliphatic rings. The van der Waals surface area contributed by atoms with Gasteiger partial charge in [0, 0.05) is 19.2 Å². The van der Waals surface area contributed by atoms with Crippen LogP contribution in [0.4, 0.5) is 0 Å². The van der Waals surface area contributed by atoms with E-state index in [0.29, 0.717) is 12.5 Å². The van der Waals surface area contributed by atoms with Gasteiger partial charge in [0.25, 0.3) is 0 Å². The second-order valence-corrected chi connectivity index (χ2v) is 4.45. The Labute approximate surface area is 90.8 Å². The molecule has 2 saturated heterocycles. The van der Waals surface area contributed by atoms with Crippen LogP contribution in [0.1, 0.15) is 32.1 Å². The van der Waals surface area contributed by atoms with Crippen molar-refractivity contribution in [2.75, 3.05) is 19.7 Å². The number of rotatable bonds is 3. The first-order valence-corrected chi connectivity index (χ1v) is 5.96. The predicted molar refractivity (Wildman–Crippen MR) is 57.6 cm³/mol. The minimum Gasteiger partial charge on any atom is -0.378 e. The smallest absolute Gasteiger partial charge is 0.222 e. The number of hydrogen-bond donors (Lipinski definition) is 2. The lowest BCUT2D eigenvalue weighted by Gasteiger charge is -2.24. The minimum absolute atomic E-state index is 0.149. The molecule has 0 aromatic carbocycles. The van der Waals surface area contributed by atoms with Crippen molar-refractivity contribution in [3.63, 3.8) is 0 Å². The van der Waals surface area contributed by atoms with Crippen molar-refractivity contribution in [1.29, 1.82) is 0 Å². The molecule has 0 radical (unpaired) electrons. The molecule has 1 unspecified atom stereocenters. The van der Waals surface area contributed by atoms with E-state index in [-0.39, 0.29) is 12.0 Å². The zero-order chi connectivity index (χ0) is 10.5. The SMILES string of the molecule is O=C(CC1CCCO1)N[C@H]1CCCNC1. The summed E-state index contributed by atoms with van der Waals surface area (Å²) >= 11 is 0. The molecule has 2 rings (SSSR count). The van der Waals surface area contributed by atoms with Crippen molar-refractivity contribution in [1.82, 2.24) is 10.6 Å². The van der Waals surface area contributed by atoms with Gasteiger partial charge in [-0.1, -0.05) is 0 Å².